The van der Waals surface area contributed by atoms with E-state index in [-0.39, 0.29) is 4.88 Å². The maximum Gasteiger partial charge on any atom is 0.303 e. The molecule has 0 N–H and O–H groups in total. The molecule has 6 heteroatoms. The van der Waals surface area contributed by atoms with Crippen molar-refractivity contribution in [2.45, 2.75) is 19.3 Å². The van der Waals surface area contributed by atoms with Crippen LogP contribution in [0.25, 0.3) is 0 Å². The van der Waals surface area contributed by atoms with Crippen LogP contribution in [0.3, 0.4) is 0 Å². The number of ketones is 2. The molecule has 0 saturated heterocycles. The van der Waals surface area contributed by atoms with E-state index < -0.39 is 23.9 Å². The topological polar surface area (TPSA) is 34.1 Å². The Hall–Kier alpha value is -0.810. The van der Waals surface area contributed by atoms with Crippen molar-refractivity contribution < 1.29 is 18.4 Å². The normalized spacial score (nSPS) is 11.5. The Kier molecular flexibility index (Phi) is 3.57. The van der Waals surface area contributed by atoms with Crippen molar-refractivity contribution in [2.75, 3.05) is 0 Å². The Labute approximate surface area is 93.9 Å². The van der Waals surface area contributed by atoms with Crippen LogP contribution in [0.5, 0.6) is 0 Å². The van der Waals surface area contributed by atoms with Crippen LogP contribution >= 0.6 is 22.9 Å². The summed E-state index contributed by atoms with van der Waals surface area (Å²) in [4.78, 5) is 22.4. The van der Waals surface area contributed by atoms with Gasteiger partial charge in [-0.3, -0.25) is 9.59 Å². The van der Waals surface area contributed by atoms with E-state index in [2.05, 4.69) is 0 Å². The molecule has 0 aliphatic carbocycles. The highest BCUT2D eigenvalue weighted by Crippen LogP contribution is 2.24. The van der Waals surface area contributed by atoms with Crippen LogP contribution in [0.1, 0.15) is 23.0 Å². The number of Topliss-reactive ketones (excluding diaryl/α,β-unsaturated/α-hetero) is 2. The summed E-state index contributed by atoms with van der Waals surface area (Å²) in [5.74, 6) is -5.47. The highest BCUT2D eigenvalue weighted by Gasteiger charge is 2.33. The molecule has 2 nitrogen and oxygen atoms in total. The quantitative estimate of drug-likeness (QED) is 0.609. The molecule has 0 unspecified atom stereocenters. The van der Waals surface area contributed by atoms with E-state index in [0.717, 1.165) is 11.3 Å². The van der Waals surface area contributed by atoms with Gasteiger partial charge in [0.15, 0.2) is 5.78 Å². The van der Waals surface area contributed by atoms with Crippen molar-refractivity contribution in [3.63, 3.8) is 0 Å². The molecule has 0 saturated carbocycles. The van der Waals surface area contributed by atoms with E-state index in [4.69, 9.17) is 11.6 Å². The molecule has 0 radical (unpaired) electrons. The van der Waals surface area contributed by atoms with Crippen molar-refractivity contribution in [1.29, 1.82) is 0 Å². The summed E-state index contributed by atoms with van der Waals surface area (Å²) in [6, 6.07) is 2.89. The zero-order valence-electron chi connectivity index (χ0n) is 7.72. The Balaban J connectivity index is 2.69. The van der Waals surface area contributed by atoms with Gasteiger partial charge >= 0.3 is 5.92 Å². The number of thiophene rings is 1. The van der Waals surface area contributed by atoms with E-state index in [1.54, 1.807) is 0 Å². The number of hydrogen-bond donors (Lipinski definition) is 0. The lowest BCUT2D eigenvalue weighted by Gasteiger charge is -2.06. The highest BCUT2D eigenvalue weighted by atomic mass is 35.5. The van der Waals surface area contributed by atoms with E-state index >= 15 is 0 Å². The van der Waals surface area contributed by atoms with Gasteiger partial charge in [-0.25, -0.2) is 0 Å². The van der Waals surface area contributed by atoms with Crippen LogP contribution in [-0.2, 0) is 4.79 Å². The van der Waals surface area contributed by atoms with Gasteiger partial charge in [0.25, 0.3) is 0 Å². The van der Waals surface area contributed by atoms with Crippen molar-refractivity contribution >= 4 is 34.5 Å². The van der Waals surface area contributed by atoms with Crippen LogP contribution < -0.4 is 0 Å². The molecule has 0 aromatic carbocycles. The number of halogens is 3. The van der Waals surface area contributed by atoms with Crippen LogP contribution in [0.2, 0.25) is 4.34 Å². The lowest BCUT2D eigenvalue weighted by atomic mass is 10.1. The molecular formula is C9H7ClF2O2S. The molecule has 82 valence electrons. The minimum Gasteiger partial charge on any atom is -0.293 e. The summed E-state index contributed by atoms with van der Waals surface area (Å²) in [7, 11) is 0. The first-order valence-electron chi connectivity index (χ1n) is 4.00. The Morgan fingerprint density at radius 3 is 2.47 bits per heavy atom. The molecule has 15 heavy (non-hydrogen) atoms. The van der Waals surface area contributed by atoms with Gasteiger partial charge in [0, 0.05) is 6.92 Å². The van der Waals surface area contributed by atoms with Gasteiger partial charge in [-0.2, -0.15) is 8.78 Å². The van der Waals surface area contributed by atoms with Gasteiger partial charge in [0.1, 0.15) is 0 Å². The van der Waals surface area contributed by atoms with Crippen molar-refractivity contribution in [1.82, 2.24) is 0 Å². The van der Waals surface area contributed by atoms with Crippen LogP contribution in [0, 0.1) is 0 Å². The molecule has 1 aromatic rings. The fourth-order valence-electron chi connectivity index (χ4n) is 0.852. The standard InChI is InChI=1S/C9H7ClF2O2S/c1-9(11,12)7(14)4-5(13)6-2-3-8(10)15-6/h2-3H,4H2,1H3. The van der Waals surface area contributed by atoms with Crippen LogP contribution in [0.4, 0.5) is 8.78 Å². The van der Waals surface area contributed by atoms with Crippen LogP contribution in [-0.4, -0.2) is 17.5 Å². The van der Waals surface area contributed by atoms with Crippen molar-refractivity contribution in [2.24, 2.45) is 0 Å². The number of hydrogen-bond acceptors (Lipinski definition) is 3. The summed E-state index contributed by atoms with van der Waals surface area (Å²) in [5, 5.41) is 0. The third kappa shape index (κ3) is 3.35. The van der Waals surface area contributed by atoms with E-state index in [1.807, 2.05) is 0 Å². The summed E-state index contributed by atoms with van der Waals surface area (Å²) in [5.41, 5.74) is 0. The van der Waals surface area contributed by atoms with Gasteiger partial charge < -0.3 is 0 Å². The lowest BCUT2D eigenvalue weighted by Crippen LogP contribution is -2.26. The molecule has 1 aromatic heterocycles. The molecule has 0 aliphatic rings. The van der Waals surface area contributed by atoms with Gasteiger partial charge in [0.2, 0.25) is 5.78 Å². The number of rotatable bonds is 4. The van der Waals surface area contributed by atoms with Crippen molar-refractivity contribution in [3.05, 3.63) is 21.3 Å². The first-order valence-corrected chi connectivity index (χ1v) is 5.20. The SMILES string of the molecule is CC(F)(F)C(=O)CC(=O)c1ccc(Cl)s1. The molecule has 0 bridgehead atoms. The number of carbonyl (C=O) groups is 2. The number of alkyl halides is 2. The minimum atomic E-state index is -3.46. The molecule has 0 fully saturated rings. The summed E-state index contributed by atoms with van der Waals surface area (Å²) >= 11 is 6.53. The van der Waals surface area contributed by atoms with Crippen LogP contribution in [0.15, 0.2) is 12.1 Å². The zero-order valence-corrected chi connectivity index (χ0v) is 9.29. The van der Waals surface area contributed by atoms with Gasteiger partial charge in [-0.1, -0.05) is 11.6 Å². The molecule has 0 spiro atoms. The second kappa shape index (κ2) is 4.37. The van der Waals surface area contributed by atoms with E-state index in [1.165, 1.54) is 12.1 Å². The minimum absolute atomic E-state index is 0.220. The monoisotopic (exact) mass is 252 g/mol. The molecule has 0 amide bonds. The average molecular weight is 253 g/mol. The number of carbonyl (C=O) groups excluding carboxylic acids is 2. The highest BCUT2D eigenvalue weighted by molar-refractivity contribution is 7.18. The average Bonchev–Trinajstić information content (AvgIpc) is 2.50. The van der Waals surface area contributed by atoms with Gasteiger partial charge in [-0.05, 0) is 12.1 Å². The predicted molar refractivity (Wildman–Crippen MR) is 53.9 cm³/mol. The Bertz CT molecular complexity index is 395. The predicted octanol–water partition coefficient (Wildman–Crippen LogP) is 3.20. The van der Waals surface area contributed by atoms with Crippen molar-refractivity contribution in [3.8, 4) is 0 Å². The largest absolute Gasteiger partial charge is 0.303 e. The molecule has 1 rings (SSSR count). The van der Waals surface area contributed by atoms with E-state index in [9.17, 15) is 18.4 Å². The fourth-order valence-corrected chi connectivity index (χ4v) is 1.83. The second-order valence-electron chi connectivity index (χ2n) is 3.02. The fraction of sp³-hybridized carbons (Fsp3) is 0.333. The molecular weight excluding hydrogens is 246 g/mol. The molecule has 0 aliphatic heterocycles. The third-order valence-electron chi connectivity index (χ3n) is 1.66. The molecule has 0 atom stereocenters. The first kappa shape index (κ1) is 12.3. The summed E-state index contributed by atoms with van der Waals surface area (Å²) < 4.78 is 25.3. The smallest absolute Gasteiger partial charge is 0.293 e. The van der Waals surface area contributed by atoms with Gasteiger partial charge in [-0.15, -0.1) is 11.3 Å². The third-order valence-corrected chi connectivity index (χ3v) is 2.93. The zero-order chi connectivity index (χ0) is 11.6. The summed E-state index contributed by atoms with van der Waals surface area (Å²) in [6.07, 6.45) is -0.791. The summed E-state index contributed by atoms with van der Waals surface area (Å²) in [6.45, 7) is 0.476. The Morgan fingerprint density at radius 1 is 1.47 bits per heavy atom. The van der Waals surface area contributed by atoms with E-state index in [0.29, 0.717) is 11.3 Å². The lowest BCUT2D eigenvalue weighted by molar-refractivity contribution is -0.139. The first-order chi connectivity index (χ1) is 6.80. The maximum absolute atomic E-state index is 12.5. The second-order valence-corrected chi connectivity index (χ2v) is 4.73. The maximum atomic E-state index is 12.5. The molecule has 1 heterocycles. The van der Waals surface area contributed by atoms with Gasteiger partial charge in [0.05, 0.1) is 15.6 Å². The Morgan fingerprint density at radius 2 is 2.07 bits per heavy atom.